The Labute approximate surface area is 189 Å². The van der Waals surface area contributed by atoms with Crippen LogP contribution in [0.25, 0.3) is 0 Å². The van der Waals surface area contributed by atoms with E-state index in [0.717, 1.165) is 29.6 Å². The highest BCUT2D eigenvalue weighted by atomic mass is 32.2. The van der Waals surface area contributed by atoms with E-state index in [9.17, 15) is 4.79 Å². The number of carbonyl (C=O) groups is 1. The third-order valence-corrected chi connectivity index (χ3v) is 5.59. The molecule has 1 N–H and O–H groups in total. The molecule has 0 radical (unpaired) electrons. The fourth-order valence-electron chi connectivity index (χ4n) is 2.87. The van der Waals surface area contributed by atoms with E-state index < -0.39 is 6.09 Å². The van der Waals surface area contributed by atoms with E-state index in [-0.39, 0.29) is 6.04 Å². The number of nitrogens with one attached hydrogen (secondary N) is 1. The third kappa shape index (κ3) is 8.74. The fourth-order valence-corrected chi connectivity index (χ4v) is 3.69. The number of nitrogens with zero attached hydrogens (tertiary/aromatic N) is 5. The zero-order valence-electron chi connectivity index (χ0n) is 19.7. The summed E-state index contributed by atoms with van der Waals surface area (Å²) in [4.78, 5) is 13.5. The van der Waals surface area contributed by atoms with E-state index in [0.29, 0.717) is 12.3 Å². The van der Waals surface area contributed by atoms with Crippen LogP contribution in [0.3, 0.4) is 0 Å². The minimum atomic E-state index is -0.411. The number of methoxy groups -OCH3 is 2. The second-order valence-corrected chi connectivity index (χ2v) is 7.82. The minimum absolute atomic E-state index is 0.190. The lowest BCUT2D eigenvalue weighted by atomic mass is 10.0. The summed E-state index contributed by atoms with van der Waals surface area (Å²) < 4.78 is 11.8. The van der Waals surface area contributed by atoms with Gasteiger partial charge in [-0.2, -0.15) is 0 Å². The highest BCUT2D eigenvalue weighted by molar-refractivity contribution is 7.98. The molecule has 1 unspecified atom stereocenters. The highest BCUT2D eigenvalue weighted by Gasteiger charge is 2.17. The summed E-state index contributed by atoms with van der Waals surface area (Å²) in [6.07, 6.45) is 0.839. The molecule has 2 rings (SSSR count). The van der Waals surface area contributed by atoms with Crippen molar-refractivity contribution in [2.45, 2.75) is 51.1 Å². The van der Waals surface area contributed by atoms with Gasteiger partial charge in [0.15, 0.2) is 0 Å². The van der Waals surface area contributed by atoms with Crippen molar-refractivity contribution in [3.8, 4) is 5.75 Å². The molecule has 9 nitrogen and oxygen atoms in total. The predicted molar refractivity (Wildman–Crippen MR) is 123 cm³/mol. The summed E-state index contributed by atoms with van der Waals surface area (Å²) in [5.74, 6) is 1.54. The average Bonchev–Trinajstić information content (AvgIpc) is 3.19. The molecular weight excluding hydrogens is 416 g/mol. The molecule has 0 spiro atoms. The number of rotatable bonds is 10. The largest absolute Gasteiger partial charge is 0.496 e. The van der Waals surface area contributed by atoms with Gasteiger partial charge in [0.05, 0.1) is 14.2 Å². The summed E-state index contributed by atoms with van der Waals surface area (Å²) in [5, 5.41) is 15.0. The molecule has 1 aromatic heterocycles. The third-order valence-electron chi connectivity index (χ3n) is 4.53. The number of carbonyl (C=O) groups excluding carboxylic acids is 1. The molecule has 0 fully saturated rings. The van der Waals surface area contributed by atoms with Crippen molar-refractivity contribution in [2.75, 3.05) is 33.9 Å². The summed E-state index contributed by atoms with van der Waals surface area (Å²) >= 11 is 1.56. The minimum Gasteiger partial charge on any atom is -0.496 e. The number of hydrogen-bond acceptors (Lipinski definition) is 8. The molecule has 174 valence electrons. The first-order valence-electron chi connectivity index (χ1n) is 10.5. The molecule has 1 heterocycles. The second-order valence-electron chi connectivity index (χ2n) is 6.88. The number of alkyl carbamates (subject to hydrolysis) is 1. The van der Waals surface area contributed by atoms with Crippen LogP contribution in [0.2, 0.25) is 0 Å². The quantitative estimate of drug-likeness (QED) is 0.546. The SMILES string of the molecule is CCC.CCN(CCNC(=O)OC)C(C)c1ccc(OC)c(CSc2nnnn2C)c1. The van der Waals surface area contributed by atoms with Gasteiger partial charge in [0.2, 0.25) is 5.16 Å². The van der Waals surface area contributed by atoms with Crippen LogP contribution in [-0.2, 0) is 17.5 Å². The Morgan fingerprint density at radius 1 is 1.29 bits per heavy atom. The van der Waals surface area contributed by atoms with Crippen molar-refractivity contribution in [3.05, 3.63) is 29.3 Å². The lowest BCUT2D eigenvalue weighted by Crippen LogP contribution is -2.36. The number of hydrogen-bond donors (Lipinski definition) is 1. The number of aromatic nitrogens is 4. The lowest BCUT2D eigenvalue weighted by Gasteiger charge is -2.28. The van der Waals surface area contributed by atoms with Crippen molar-refractivity contribution >= 4 is 17.9 Å². The molecule has 1 aromatic carbocycles. The zero-order valence-corrected chi connectivity index (χ0v) is 20.5. The van der Waals surface area contributed by atoms with Crippen LogP contribution >= 0.6 is 11.8 Å². The molecule has 1 atom stereocenters. The van der Waals surface area contributed by atoms with Gasteiger partial charge in [-0.15, -0.1) is 5.10 Å². The number of amides is 1. The van der Waals surface area contributed by atoms with Crippen molar-refractivity contribution in [3.63, 3.8) is 0 Å². The zero-order chi connectivity index (χ0) is 23.2. The van der Waals surface area contributed by atoms with Gasteiger partial charge in [-0.1, -0.05) is 45.0 Å². The molecule has 31 heavy (non-hydrogen) atoms. The van der Waals surface area contributed by atoms with E-state index in [1.807, 2.05) is 13.1 Å². The maximum absolute atomic E-state index is 11.2. The lowest BCUT2D eigenvalue weighted by molar-refractivity contribution is 0.165. The first-order valence-corrected chi connectivity index (χ1v) is 11.5. The van der Waals surface area contributed by atoms with E-state index in [1.165, 1.54) is 19.1 Å². The second kappa shape index (κ2) is 14.6. The first-order chi connectivity index (χ1) is 14.9. The number of ether oxygens (including phenoxy) is 2. The van der Waals surface area contributed by atoms with Crippen LogP contribution in [0.1, 0.15) is 51.3 Å². The van der Waals surface area contributed by atoms with Gasteiger partial charge >= 0.3 is 6.09 Å². The van der Waals surface area contributed by atoms with Gasteiger partial charge in [0, 0.05) is 37.5 Å². The first kappa shape index (κ1) is 26.7. The normalized spacial score (nSPS) is 11.5. The van der Waals surface area contributed by atoms with Crippen molar-refractivity contribution in [1.29, 1.82) is 0 Å². The Bertz CT molecular complexity index is 786. The summed E-state index contributed by atoms with van der Waals surface area (Å²) in [6, 6.07) is 6.43. The Balaban J connectivity index is 0.00000151. The molecule has 10 heteroatoms. The molecule has 0 bridgehead atoms. The summed E-state index contributed by atoms with van der Waals surface area (Å²) in [5.41, 5.74) is 2.27. The number of aryl methyl sites for hydroxylation is 1. The van der Waals surface area contributed by atoms with Crippen LogP contribution < -0.4 is 10.1 Å². The number of tetrazole rings is 1. The molecule has 0 aliphatic rings. The average molecular weight is 453 g/mol. The van der Waals surface area contributed by atoms with Crippen LogP contribution in [0.5, 0.6) is 5.75 Å². The topological polar surface area (TPSA) is 94.4 Å². The maximum Gasteiger partial charge on any atom is 0.406 e. The van der Waals surface area contributed by atoms with Gasteiger partial charge < -0.3 is 14.8 Å². The van der Waals surface area contributed by atoms with Gasteiger partial charge in [0.25, 0.3) is 0 Å². The standard InChI is InChI=1S/C18H28N6O3S.C3H8/c1-6-24(10-9-19-18(25)27-5)13(2)14-7-8-16(26-4)15(11-14)12-28-17-20-21-22-23(17)3;1-3-2/h7-8,11,13H,6,9-10,12H2,1-5H3,(H,19,25);3H2,1-2H3. The number of thioether (sulfide) groups is 1. The predicted octanol–water partition coefficient (Wildman–Crippen LogP) is 3.67. The van der Waals surface area contributed by atoms with Crippen LogP contribution in [0.15, 0.2) is 23.4 Å². The Morgan fingerprint density at radius 2 is 2.00 bits per heavy atom. The van der Waals surface area contributed by atoms with E-state index in [2.05, 4.69) is 70.3 Å². The number of benzene rings is 1. The van der Waals surface area contributed by atoms with Gasteiger partial charge in [-0.25, -0.2) is 9.48 Å². The Morgan fingerprint density at radius 3 is 2.55 bits per heavy atom. The van der Waals surface area contributed by atoms with Gasteiger partial charge in [-0.3, -0.25) is 4.90 Å². The van der Waals surface area contributed by atoms with E-state index >= 15 is 0 Å². The summed E-state index contributed by atoms with van der Waals surface area (Å²) in [6.45, 7) is 10.6. The molecule has 0 saturated carbocycles. The Kier molecular flexibility index (Phi) is 12.6. The molecule has 2 aromatic rings. The fraction of sp³-hybridized carbons (Fsp3) is 0.619. The number of likely N-dealkylation sites (N-methyl/N-ethyl adjacent to an activating group) is 1. The van der Waals surface area contributed by atoms with Crippen molar-refractivity contribution < 1.29 is 14.3 Å². The Hall–Kier alpha value is -2.33. The molecule has 0 aliphatic carbocycles. The molecular formula is C21H36N6O3S. The smallest absolute Gasteiger partial charge is 0.406 e. The van der Waals surface area contributed by atoms with Crippen LogP contribution in [-0.4, -0.2) is 65.1 Å². The van der Waals surface area contributed by atoms with Gasteiger partial charge in [-0.05, 0) is 41.6 Å². The van der Waals surface area contributed by atoms with Crippen molar-refractivity contribution in [2.24, 2.45) is 7.05 Å². The van der Waals surface area contributed by atoms with E-state index in [4.69, 9.17) is 4.74 Å². The summed E-state index contributed by atoms with van der Waals surface area (Å²) in [7, 11) is 4.86. The molecule has 0 saturated heterocycles. The maximum atomic E-state index is 11.2. The van der Waals surface area contributed by atoms with Crippen molar-refractivity contribution in [1.82, 2.24) is 30.4 Å². The molecule has 0 aliphatic heterocycles. The van der Waals surface area contributed by atoms with Gasteiger partial charge in [0.1, 0.15) is 5.75 Å². The van der Waals surface area contributed by atoms with E-state index in [1.54, 1.807) is 23.6 Å². The van der Waals surface area contributed by atoms with Crippen LogP contribution in [0, 0.1) is 0 Å². The molecule has 1 amide bonds. The highest BCUT2D eigenvalue weighted by Crippen LogP contribution is 2.30. The van der Waals surface area contributed by atoms with Crippen LogP contribution in [0.4, 0.5) is 4.79 Å². The monoisotopic (exact) mass is 452 g/mol.